The number of allylic oxidation sites excluding steroid dienone is 2. The van der Waals surface area contributed by atoms with Crippen molar-refractivity contribution < 1.29 is 37.9 Å². The van der Waals surface area contributed by atoms with Gasteiger partial charge in [-0.3, -0.25) is 18.6 Å². The molecule has 0 aliphatic rings. The van der Waals surface area contributed by atoms with Gasteiger partial charge in [-0.15, -0.1) is 0 Å². The van der Waals surface area contributed by atoms with E-state index in [-0.39, 0.29) is 18.9 Å². The molecule has 0 amide bonds. The number of unbranched alkanes of at least 4 members (excludes halogenated alkanes) is 20. The minimum absolute atomic E-state index is 0.0407. The number of carbonyl (C=O) groups excluding carboxylic acids is 2. The highest BCUT2D eigenvalue weighted by molar-refractivity contribution is 7.47. The van der Waals surface area contributed by atoms with Crippen LogP contribution < -0.4 is 5.73 Å². The van der Waals surface area contributed by atoms with Gasteiger partial charge < -0.3 is 20.5 Å². The molecule has 0 fully saturated rings. The van der Waals surface area contributed by atoms with Crippen LogP contribution in [0.5, 0.6) is 0 Å². The van der Waals surface area contributed by atoms with E-state index in [0.29, 0.717) is 12.8 Å². The number of phosphoric acid groups is 1. The quantitative estimate of drug-likeness (QED) is 0.0192. The number of ether oxygens (including phenoxy) is 1. The Morgan fingerprint density at radius 1 is 0.681 bits per heavy atom. The molecule has 0 rings (SSSR count). The van der Waals surface area contributed by atoms with Crippen LogP contribution in [0, 0.1) is 5.92 Å². The number of carbonyl (C=O) groups is 2. The molecule has 0 heterocycles. The second-order valence-electron chi connectivity index (χ2n) is 13.0. The first-order valence-corrected chi connectivity index (χ1v) is 20.6. The zero-order valence-corrected chi connectivity index (χ0v) is 31.1. The molecule has 0 aromatic carbocycles. The Bertz CT molecular complexity index is 809. The Hall–Kier alpha value is -1.09. The van der Waals surface area contributed by atoms with E-state index in [1.54, 1.807) is 0 Å². The van der Waals surface area contributed by atoms with E-state index in [4.69, 9.17) is 15.0 Å². The summed E-state index contributed by atoms with van der Waals surface area (Å²) in [6.45, 7) is 3.35. The van der Waals surface area contributed by atoms with E-state index in [2.05, 4.69) is 30.5 Å². The molecule has 0 aromatic rings. The Balaban J connectivity index is 4.52. The molecule has 0 saturated heterocycles. The highest BCUT2D eigenvalue weighted by atomic mass is 31.2. The van der Waals surface area contributed by atoms with Crippen LogP contribution in [0.4, 0.5) is 0 Å². The van der Waals surface area contributed by atoms with Crippen LogP contribution in [-0.4, -0.2) is 54.2 Å². The van der Waals surface area contributed by atoms with Crippen LogP contribution in [0.3, 0.4) is 0 Å². The molecule has 4 N–H and O–H groups in total. The number of hydrogen-bond donors (Lipinski definition) is 3. The second kappa shape index (κ2) is 33.4. The van der Waals surface area contributed by atoms with Gasteiger partial charge in [0.15, 0.2) is 0 Å². The fourth-order valence-corrected chi connectivity index (χ4v) is 6.27. The number of nitrogens with two attached hydrogens (primary N) is 1. The van der Waals surface area contributed by atoms with Crippen LogP contribution in [0.25, 0.3) is 0 Å². The molecular formula is C37H72NO8P. The molecule has 0 spiro atoms. The zero-order valence-electron chi connectivity index (χ0n) is 30.2. The highest BCUT2D eigenvalue weighted by Gasteiger charge is 2.28. The average Bonchev–Trinajstić information content (AvgIpc) is 3.06. The largest absolute Gasteiger partial charge is 0.472 e. The summed E-state index contributed by atoms with van der Waals surface area (Å²) in [4.78, 5) is 35.6. The smallest absolute Gasteiger partial charge is 0.462 e. The van der Waals surface area contributed by atoms with Gasteiger partial charge >= 0.3 is 13.8 Å². The normalized spacial score (nSPS) is 14.3. The van der Waals surface area contributed by atoms with Crippen LogP contribution in [0.15, 0.2) is 12.2 Å². The number of aliphatic hydroxyl groups excluding tert-OH is 1. The van der Waals surface area contributed by atoms with Gasteiger partial charge in [-0.1, -0.05) is 142 Å². The lowest BCUT2D eigenvalue weighted by atomic mass is 9.93. The van der Waals surface area contributed by atoms with Crippen LogP contribution in [-0.2, 0) is 27.9 Å². The van der Waals surface area contributed by atoms with Crippen molar-refractivity contribution in [3.8, 4) is 0 Å². The highest BCUT2D eigenvalue weighted by Crippen LogP contribution is 2.42. The Morgan fingerprint density at radius 3 is 1.66 bits per heavy atom. The van der Waals surface area contributed by atoms with E-state index in [0.717, 1.165) is 57.8 Å². The maximum absolute atomic E-state index is 13.1. The predicted octanol–water partition coefficient (Wildman–Crippen LogP) is 9.52. The van der Waals surface area contributed by atoms with Crippen molar-refractivity contribution >= 4 is 19.6 Å². The fourth-order valence-electron chi connectivity index (χ4n) is 5.50. The molecule has 10 heteroatoms. The first-order chi connectivity index (χ1) is 22.8. The van der Waals surface area contributed by atoms with E-state index < -0.39 is 39.0 Å². The number of aliphatic hydroxyl groups is 1. The van der Waals surface area contributed by atoms with Gasteiger partial charge in [0.1, 0.15) is 24.4 Å². The zero-order chi connectivity index (χ0) is 34.9. The molecule has 0 bridgehead atoms. The minimum Gasteiger partial charge on any atom is -0.462 e. The van der Waals surface area contributed by atoms with Crippen molar-refractivity contribution in [3.63, 3.8) is 0 Å². The van der Waals surface area contributed by atoms with Gasteiger partial charge in [0.25, 0.3) is 0 Å². The minimum atomic E-state index is -4.35. The van der Waals surface area contributed by atoms with Crippen molar-refractivity contribution in [2.45, 2.75) is 180 Å². The third-order valence-electron chi connectivity index (χ3n) is 8.42. The average molecular weight is 690 g/mol. The van der Waals surface area contributed by atoms with E-state index in [9.17, 15) is 24.2 Å². The van der Waals surface area contributed by atoms with Gasteiger partial charge in [-0.05, 0) is 38.5 Å². The topological polar surface area (TPSA) is 145 Å². The molecule has 0 aliphatic carbocycles. The Morgan fingerprint density at radius 2 is 1.15 bits per heavy atom. The summed E-state index contributed by atoms with van der Waals surface area (Å²) >= 11 is 0. The summed E-state index contributed by atoms with van der Waals surface area (Å²) in [6, 6.07) is 0. The third kappa shape index (κ3) is 30.7. The third-order valence-corrected chi connectivity index (χ3v) is 9.41. The molecule has 0 radical (unpaired) electrons. The lowest BCUT2D eigenvalue weighted by molar-refractivity contribution is -0.155. The SMILES string of the molecule is CCCCCCCCC=CCCCCCCC(C(=O)CCCCCCCCCCCCC)C(=O)OC[C@@H](O)COP(=O)(O)OCCN. The van der Waals surface area contributed by atoms with Crippen LogP contribution in [0.2, 0.25) is 0 Å². The molecule has 0 saturated carbocycles. The summed E-state index contributed by atoms with van der Waals surface area (Å²) in [5.74, 6) is -1.62. The monoisotopic (exact) mass is 689 g/mol. The maximum Gasteiger partial charge on any atom is 0.472 e. The van der Waals surface area contributed by atoms with Crippen molar-refractivity contribution in [3.05, 3.63) is 12.2 Å². The number of ketones is 1. The second-order valence-corrected chi connectivity index (χ2v) is 14.4. The lowest BCUT2D eigenvalue weighted by Gasteiger charge is -2.18. The molecular weight excluding hydrogens is 617 g/mol. The summed E-state index contributed by atoms with van der Waals surface area (Å²) in [5.41, 5.74) is 5.26. The van der Waals surface area contributed by atoms with Crippen molar-refractivity contribution in [2.75, 3.05) is 26.4 Å². The first kappa shape index (κ1) is 45.9. The summed E-state index contributed by atoms with van der Waals surface area (Å²) in [6.07, 6.45) is 31.0. The van der Waals surface area contributed by atoms with Gasteiger partial charge in [0.05, 0.1) is 13.2 Å². The molecule has 47 heavy (non-hydrogen) atoms. The summed E-state index contributed by atoms with van der Waals surface area (Å²) < 4.78 is 26.4. The molecule has 278 valence electrons. The number of esters is 1. The van der Waals surface area contributed by atoms with Crippen molar-refractivity contribution in [1.82, 2.24) is 0 Å². The molecule has 3 atom stereocenters. The fraction of sp³-hybridized carbons (Fsp3) is 0.892. The van der Waals surface area contributed by atoms with Gasteiger partial charge in [-0.25, -0.2) is 4.57 Å². The summed E-state index contributed by atoms with van der Waals surface area (Å²) in [7, 11) is -4.35. The first-order valence-electron chi connectivity index (χ1n) is 19.1. The van der Waals surface area contributed by atoms with Crippen molar-refractivity contribution in [1.29, 1.82) is 0 Å². The number of phosphoric ester groups is 1. The molecule has 0 aromatic heterocycles. The number of hydrogen-bond acceptors (Lipinski definition) is 8. The predicted molar refractivity (Wildman–Crippen MR) is 192 cm³/mol. The number of rotatable bonds is 36. The van der Waals surface area contributed by atoms with Crippen molar-refractivity contribution in [2.24, 2.45) is 11.7 Å². The maximum atomic E-state index is 13.1. The summed E-state index contributed by atoms with van der Waals surface area (Å²) in [5, 5.41) is 10.1. The van der Waals surface area contributed by atoms with E-state index >= 15 is 0 Å². The molecule has 2 unspecified atom stereocenters. The Kier molecular flexibility index (Phi) is 32.6. The molecule has 9 nitrogen and oxygen atoms in total. The van der Waals surface area contributed by atoms with Crippen LogP contribution in [0.1, 0.15) is 174 Å². The lowest BCUT2D eigenvalue weighted by Crippen LogP contribution is -2.30. The number of Topliss-reactive ketones (excluding diaryl/α,β-unsaturated/α-hetero) is 1. The van der Waals surface area contributed by atoms with E-state index in [1.165, 1.54) is 89.9 Å². The standard InChI is InChI=1S/C37H72NO8P/c1-3-5-7-9-11-13-15-16-17-19-20-22-24-26-28-35(36(40)29-27-25-23-21-18-14-12-10-8-6-4-2)37(41)44-32-34(39)33-46-47(42,43)45-31-30-38/h16-17,34-35,39H,3-15,18-33,38H2,1-2H3,(H,42,43)/t34-,35?/m1/s1. The van der Waals surface area contributed by atoms with Crippen LogP contribution >= 0.6 is 7.82 Å². The van der Waals surface area contributed by atoms with Gasteiger partial charge in [0.2, 0.25) is 0 Å². The molecule has 0 aliphatic heterocycles. The van der Waals surface area contributed by atoms with Gasteiger partial charge in [-0.2, -0.15) is 0 Å². The Labute approximate surface area is 287 Å². The van der Waals surface area contributed by atoms with E-state index in [1.807, 2.05) is 0 Å². The van der Waals surface area contributed by atoms with Gasteiger partial charge in [0, 0.05) is 13.0 Å².